The number of anilines is 1. The van der Waals surface area contributed by atoms with E-state index in [1.807, 2.05) is 0 Å². The minimum atomic E-state index is -0.286. The Morgan fingerprint density at radius 1 is 1.32 bits per heavy atom. The monoisotopic (exact) mass is 363 g/mol. The van der Waals surface area contributed by atoms with Crippen molar-refractivity contribution >= 4 is 27.6 Å². The van der Waals surface area contributed by atoms with Crippen molar-refractivity contribution in [2.75, 3.05) is 18.8 Å². The van der Waals surface area contributed by atoms with E-state index in [9.17, 15) is 9.59 Å². The summed E-state index contributed by atoms with van der Waals surface area (Å²) in [5, 5.41) is 4.20. The number of nitrogens with zero attached hydrogens (tertiary/aromatic N) is 3. The van der Waals surface area contributed by atoms with Crippen LogP contribution in [-0.2, 0) is 6.54 Å². The van der Waals surface area contributed by atoms with Crippen LogP contribution in [-0.4, -0.2) is 26.6 Å². The Balaban J connectivity index is 1.79. The van der Waals surface area contributed by atoms with Gasteiger partial charge in [-0.05, 0) is 49.1 Å². The summed E-state index contributed by atoms with van der Waals surface area (Å²) >= 11 is 1.11. The highest BCUT2D eigenvalue weighted by Crippen LogP contribution is 2.43. The molecule has 2 aromatic rings. The predicted molar refractivity (Wildman–Crippen MR) is 100 cm³/mol. The third-order valence-corrected chi connectivity index (χ3v) is 6.61. The van der Waals surface area contributed by atoms with Gasteiger partial charge in [-0.1, -0.05) is 13.3 Å². The molecule has 1 saturated heterocycles. The van der Waals surface area contributed by atoms with Crippen LogP contribution >= 0.6 is 11.5 Å². The molecule has 1 spiro atoms. The maximum atomic E-state index is 13.1. The second-order valence-electron chi connectivity index (χ2n) is 7.54. The summed E-state index contributed by atoms with van der Waals surface area (Å²) in [6, 6.07) is 0.108. The Morgan fingerprint density at radius 3 is 2.64 bits per heavy atom. The van der Waals surface area contributed by atoms with E-state index in [2.05, 4.69) is 16.6 Å². The van der Waals surface area contributed by atoms with Gasteiger partial charge in [0, 0.05) is 25.7 Å². The molecule has 3 N–H and O–H groups in total. The summed E-state index contributed by atoms with van der Waals surface area (Å²) in [5.74, 6) is 0. The molecule has 0 unspecified atom stereocenters. The van der Waals surface area contributed by atoms with Crippen LogP contribution < -0.4 is 22.3 Å². The average molecular weight is 363 g/mol. The van der Waals surface area contributed by atoms with Crippen LogP contribution in [0, 0.1) is 5.41 Å². The van der Waals surface area contributed by atoms with Gasteiger partial charge in [0.15, 0.2) is 5.65 Å². The molecule has 4 rings (SSSR count). The zero-order valence-corrected chi connectivity index (χ0v) is 15.4. The molecule has 8 heteroatoms. The van der Waals surface area contributed by atoms with E-state index >= 15 is 0 Å². The number of fused-ring (bicyclic) bond motifs is 1. The number of aromatic nitrogens is 3. The maximum absolute atomic E-state index is 13.1. The third kappa shape index (κ3) is 2.62. The highest BCUT2D eigenvalue weighted by molar-refractivity contribution is 7.11. The van der Waals surface area contributed by atoms with Crippen molar-refractivity contribution in [3.8, 4) is 0 Å². The minimum Gasteiger partial charge on any atom is -0.389 e. The van der Waals surface area contributed by atoms with Crippen molar-refractivity contribution in [3.05, 3.63) is 20.8 Å². The number of rotatable bonds is 4. The first-order valence-electron chi connectivity index (χ1n) is 9.17. The minimum absolute atomic E-state index is 0.108. The molecule has 0 amide bonds. The second-order valence-corrected chi connectivity index (χ2v) is 8.35. The second kappa shape index (κ2) is 6.25. The van der Waals surface area contributed by atoms with Gasteiger partial charge >= 0.3 is 5.69 Å². The van der Waals surface area contributed by atoms with Gasteiger partial charge < -0.3 is 11.1 Å². The summed E-state index contributed by atoms with van der Waals surface area (Å²) in [7, 11) is 0. The quantitative estimate of drug-likeness (QED) is 0.862. The lowest BCUT2D eigenvalue weighted by molar-refractivity contribution is 0.0836. The van der Waals surface area contributed by atoms with Crippen LogP contribution in [0.3, 0.4) is 0 Å². The molecular weight excluding hydrogens is 338 g/mol. The molecule has 2 fully saturated rings. The lowest BCUT2D eigenvalue weighted by Gasteiger charge is -2.47. The first kappa shape index (κ1) is 16.8. The Labute approximate surface area is 150 Å². The van der Waals surface area contributed by atoms with Gasteiger partial charge in [-0.3, -0.25) is 13.9 Å². The summed E-state index contributed by atoms with van der Waals surface area (Å²) in [6.07, 6.45) is 5.89. The smallest absolute Gasteiger partial charge is 0.332 e. The van der Waals surface area contributed by atoms with E-state index in [1.165, 1.54) is 4.57 Å². The molecule has 1 aliphatic carbocycles. The normalized spacial score (nSPS) is 20.2. The number of nitrogens with one attached hydrogen (secondary N) is 1. The van der Waals surface area contributed by atoms with E-state index in [0.717, 1.165) is 63.1 Å². The Kier molecular flexibility index (Phi) is 4.19. The first-order valence-corrected chi connectivity index (χ1v) is 9.94. The van der Waals surface area contributed by atoms with Gasteiger partial charge in [0.05, 0.1) is 0 Å². The number of nitrogen functional groups attached to an aromatic ring is 1. The molecule has 136 valence electrons. The highest BCUT2D eigenvalue weighted by Gasteiger charge is 2.41. The fourth-order valence-electron chi connectivity index (χ4n) is 4.25. The van der Waals surface area contributed by atoms with E-state index in [1.54, 1.807) is 4.57 Å². The number of nitrogens with two attached hydrogens (primary N) is 1. The van der Waals surface area contributed by atoms with Gasteiger partial charge in [-0.15, -0.1) is 0 Å². The predicted octanol–water partition coefficient (Wildman–Crippen LogP) is 1.71. The first-order chi connectivity index (χ1) is 12.1. The summed E-state index contributed by atoms with van der Waals surface area (Å²) in [5.41, 5.74) is 6.42. The van der Waals surface area contributed by atoms with Crippen molar-refractivity contribution in [2.45, 2.75) is 58.0 Å². The zero-order valence-electron chi connectivity index (χ0n) is 14.6. The zero-order chi connectivity index (χ0) is 17.6. The van der Waals surface area contributed by atoms with Crippen molar-refractivity contribution in [1.29, 1.82) is 0 Å². The molecule has 25 heavy (non-hydrogen) atoms. The molecule has 3 heterocycles. The van der Waals surface area contributed by atoms with Crippen molar-refractivity contribution in [3.63, 3.8) is 0 Å². The van der Waals surface area contributed by atoms with Crippen LogP contribution in [0.5, 0.6) is 0 Å². The lowest BCUT2D eigenvalue weighted by atomic mass is 9.68. The van der Waals surface area contributed by atoms with E-state index in [4.69, 9.17) is 5.73 Å². The SMILES string of the molecule is CCCCn1c(=O)c2c(N)snc2n(C2CCC3(CC2)CNC3)c1=O. The van der Waals surface area contributed by atoms with Crippen molar-refractivity contribution in [2.24, 2.45) is 5.41 Å². The number of unbranched alkanes of at least 4 members (excludes halogenated alkanes) is 1. The molecule has 2 aromatic heterocycles. The number of hydrogen-bond acceptors (Lipinski definition) is 6. The molecule has 2 aliphatic rings. The Hall–Kier alpha value is -1.67. The summed E-state index contributed by atoms with van der Waals surface area (Å²) in [4.78, 5) is 25.9. The summed E-state index contributed by atoms with van der Waals surface area (Å²) < 4.78 is 7.49. The highest BCUT2D eigenvalue weighted by atomic mass is 32.1. The summed E-state index contributed by atoms with van der Waals surface area (Å²) in [6.45, 7) is 4.67. The molecule has 0 aromatic carbocycles. The Bertz CT molecular complexity index is 898. The maximum Gasteiger partial charge on any atom is 0.332 e. The number of hydrogen-bond donors (Lipinski definition) is 2. The molecule has 0 bridgehead atoms. The molecule has 0 radical (unpaired) electrons. The van der Waals surface area contributed by atoms with Gasteiger partial charge in [-0.25, -0.2) is 4.79 Å². The molecule has 0 atom stereocenters. The topological polar surface area (TPSA) is 94.9 Å². The molecular formula is C17H25N5O2S. The van der Waals surface area contributed by atoms with Crippen LogP contribution in [0.25, 0.3) is 11.0 Å². The van der Waals surface area contributed by atoms with Gasteiger partial charge in [-0.2, -0.15) is 4.37 Å². The van der Waals surface area contributed by atoms with E-state index in [-0.39, 0.29) is 17.3 Å². The Morgan fingerprint density at radius 2 is 2.04 bits per heavy atom. The van der Waals surface area contributed by atoms with Crippen LogP contribution in [0.1, 0.15) is 51.5 Å². The van der Waals surface area contributed by atoms with Gasteiger partial charge in [0.2, 0.25) is 0 Å². The van der Waals surface area contributed by atoms with Gasteiger partial charge in [0.25, 0.3) is 5.56 Å². The standard InChI is InChI=1S/C17H25N5O2S/c1-2-3-8-21-15(23)12-13(18)25-20-14(12)22(16(21)24)11-4-6-17(7-5-11)9-19-10-17/h11,19H,2-10,18H2,1H3. The molecule has 1 saturated carbocycles. The van der Waals surface area contributed by atoms with E-state index in [0.29, 0.717) is 28.0 Å². The largest absolute Gasteiger partial charge is 0.389 e. The fraction of sp³-hybridized carbons (Fsp3) is 0.706. The van der Waals surface area contributed by atoms with Crippen molar-refractivity contribution in [1.82, 2.24) is 18.8 Å². The van der Waals surface area contributed by atoms with Crippen LogP contribution in [0.2, 0.25) is 0 Å². The fourth-order valence-corrected chi connectivity index (χ4v) is 4.88. The van der Waals surface area contributed by atoms with Crippen molar-refractivity contribution < 1.29 is 0 Å². The lowest BCUT2D eigenvalue weighted by Crippen LogP contribution is -2.55. The van der Waals surface area contributed by atoms with E-state index < -0.39 is 0 Å². The van der Waals surface area contributed by atoms with Gasteiger partial charge in [0.1, 0.15) is 10.4 Å². The third-order valence-electron chi connectivity index (χ3n) is 5.94. The average Bonchev–Trinajstić information content (AvgIpc) is 2.96. The molecule has 1 aliphatic heterocycles. The molecule has 7 nitrogen and oxygen atoms in total. The van der Waals surface area contributed by atoms with Crippen LogP contribution in [0.4, 0.5) is 5.00 Å². The van der Waals surface area contributed by atoms with Crippen LogP contribution in [0.15, 0.2) is 9.59 Å².